The van der Waals surface area contributed by atoms with E-state index in [0.29, 0.717) is 36.8 Å². The van der Waals surface area contributed by atoms with Crippen molar-refractivity contribution in [3.05, 3.63) is 71.3 Å². The Hall–Kier alpha value is -2.80. The summed E-state index contributed by atoms with van der Waals surface area (Å²) in [5.74, 6) is -1.25. The van der Waals surface area contributed by atoms with E-state index < -0.39 is 16.9 Å². The lowest BCUT2D eigenvalue weighted by Crippen LogP contribution is -2.53. The van der Waals surface area contributed by atoms with Crippen LogP contribution in [0.3, 0.4) is 0 Å². The van der Waals surface area contributed by atoms with Gasteiger partial charge in [-0.1, -0.05) is 37.1 Å². The molecule has 32 heavy (non-hydrogen) atoms. The highest BCUT2D eigenvalue weighted by atomic mass is 19.1. The van der Waals surface area contributed by atoms with Crippen LogP contribution in [0.25, 0.3) is 0 Å². The van der Waals surface area contributed by atoms with Gasteiger partial charge in [0.2, 0.25) is 11.8 Å². The maximum absolute atomic E-state index is 13.7. The summed E-state index contributed by atoms with van der Waals surface area (Å²) in [6.07, 6.45) is 3.31. The Morgan fingerprint density at radius 3 is 1.53 bits per heavy atom. The maximum Gasteiger partial charge on any atom is 0.230 e. The zero-order valence-corrected chi connectivity index (χ0v) is 17.9. The number of aliphatic hydroxyl groups excluding tert-OH is 1. The third-order valence-corrected chi connectivity index (χ3v) is 7.03. The van der Waals surface area contributed by atoms with Crippen LogP contribution in [0, 0.1) is 11.6 Å². The number of halogens is 2. The van der Waals surface area contributed by atoms with Gasteiger partial charge in [-0.05, 0) is 61.1 Å². The number of hydrogen-bond donors (Lipinski definition) is 3. The van der Waals surface area contributed by atoms with Crippen molar-refractivity contribution in [2.24, 2.45) is 0 Å². The van der Waals surface area contributed by atoms with E-state index in [2.05, 4.69) is 10.6 Å². The minimum absolute atomic E-state index is 0.0247. The third kappa shape index (κ3) is 4.13. The summed E-state index contributed by atoms with van der Waals surface area (Å²) in [5, 5.41) is 15.9. The second-order valence-corrected chi connectivity index (χ2v) is 8.97. The van der Waals surface area contributed by atoms with Gasteiger partial charge >= 0.3 is 0 Å². The van der Waals surface area contributed by atoms with Crippen LogP contribution in [0.5, 0.6) is 0 Å². The summed E-state index contributed by atoms with van der Waals surface area (Å²) in [7, 11) is 0. The molecule has 170 valence electrons. The van der Waals surface area contributed by atoms with Gasteiger partial charge in [-0.2, -0.15) is 0 Å². The van der Waals surface area contributed by atoms with Crippen molar-refractivity contribution in [1.82, 2.24) is 10.6 Å². The smallest absolute Gasteiger partial charge is 0.230 e. The Kier molecular flexibility index (Phi) is 6.29. The molecule has 2 aromatic carbocycles. The molecule has 7 heteroatoms. The predicted octanol–water partition coefficient (Wildman–Crippen LogP) is 3.10. The van der Waals surface area contributed by atoms with Crippen LogP contribution >= 0.6 is 0 Å². The van der Waals surface area contributed by atoms with Crippen molar-refractivity contribution in [1.29, 1.82) is 0 Å². The molecule has 2 fully saturated rings. The topological polar surface area (TPSA) is 78.4 Å². The lowest BCUT2D eigenvalue weighted by molar-refractivity contribution is -0.130. The van der Waals surface area contributed by atoms with Crippen molar-refractivity contribution in [3.8, 4) is 0 Å². The van der Waals surface area contributed by atoms with Gasteiger partial charge in [0.1, 0.15) is 11.6 Å². The van der Waals surface area contributed by atoms with E-state index in [0.717, 1.165) is 12.8 Å². The molecule has 0 aromatic heterocycles. The molecule has 0 spiro atoms. The van der Waals surface area contributed by atoms with E-state index in [1.807, 2.05) is 0 Å². The van der Waals surface area contributed by atoms with Gasteiger partial charge in [0.25, 0.3) is 0 Å². The normalized spacial score (nSPS) is 18.4. The first-order chi connectivity index (χ1) is 15.4. The number of hydrogen-bond acceptors (Lipinski definition) is 3. The molecule has 4 rings (SSSR count). The number of carbonyl (C=O) groups is 2. The van der Waals surface area contributed by atoms with Gasteiger partial charge in [0.15, 0.2) is 0 Å². The monoisotopic (exact) mass is 442 g/mol. The Morgan fingerprint density at radius 1 is 0.812 bits per heavy atom. The van der Waals surface area contributed by atoms with Crippen LogP contribution in [0.2, 0.25) is 0 Å². The maximum atomic E-state index is 13.7. The Balaban J connectivity index is 1.32. The van der Waals surface area contributed by atoms with Gasteiger partial charge in [0.05, 0.1) is 16.9 Å². The molecule has 0 bridgehead atoms. The summed E-state index contributed by atoms with van der Waals surface area (Å²) in [5.41, 5.74) is -0.242. The lowest BCUT2D eigenvalue weighted by Gasteiger charge is -2.41. The minimum Gasteiger partial charge on any atom is -0.389 e. The highest BCUT2D eigenvalue weighted by molar-refractivity contribution is 5.90. The van der Waals surface area contributed by atoms with E-state index in [-0.39, 0.29) is 36.5 Å². The summed E-state index contributed by atoms with van der Waals surface area (Å²) in [6, 6.07) is 12.2. The fraction of sp³-hybridized carbons (Fsp3) is 0.440. The molecule has 5 nitrogen and oxygen atoms in total. The molecular formula is C25H28F2N2O3. The van der Waals surface area contributed by atoms with E-state index in [4.69, 9.17) is 0 Å². The lowest BCUT2D eigenvalue weighted by atomic mass is 9.63. The SMILES string of the molecule is O=C(NCC(O)CNC(=O)C1(c2cccc(F)c2)CCC1)C1(c2cccc(F)c2)CCC1. The highest BCUT2D eigenvalue weighted by Crippen LogP contribution is 2.45. The zero-order valence-electron chi connectivity index (χ0n) is 17.9. The van der Waals surface area contributed by atoms with Crippen LogP contribution < -0.4 is 10.6 Å². The first-order valence-electron chi connectivity index (χ1n) is 11.1. The molecule has 0 radical (unpaired) electrons. The van der Waals surface area contributed by atoms with Crippen molar-refractivity contribution in [2.45, 2.75) is 55.5 Å². The van der Waals surface area contributed by atoms with Gasteiger partial charge < -0.3 is 15.7 Å². The standard InChI is InChI=1S/C25H28F2N2O3/c26-19-7-1-5-17(13-19)24(9-3-10-24)22(31)28-15-21(30)16-29-23(32)25(11-4-12-25)18-6-2-8-20(27)14-18/h1-2,5-8,13-14,21,30H,3-4,9-12,15-16H2,(H,28,31)(H,29,32). The molecule has 0 atom stereocenters. The average Bonchev–Trinajstić information content (AvgIpc) is 2.69. The van der Waals surface area contributed by atoms with Gasteiger partial charge in [-0.3, -0.25) is 9.59 Å². The molecule has 2 amide bonds. The van der Waals surface area contributed by atoms with Crippen LogP contribution in [0.4, 0.5) is 8.78 Å². The van der Waals surface area contributed by atoms with E-state index in [9.17, 15) is 23.5 Å². The van der Waals surface area contributed by atoms with Crippen LogP contribution in [-0.2, 0) is 20.4 Å². The molecule has 0 heterocycles. The number of nitrogens with one attached hydrogen (secondary N) is 2. The summed E-state index contributed by atoms with van der Waals surface area (Å²) >= 11 is 0. The van der Waals surface area contributed by atoms with E-state index >= 15 is 0 Å². The van der Waals surface area contributed by atoms with Gasteiger partial charge in [-0.15, -0.1) is 0 Å². The molecule has 2 aliphatic carbocycles. The Morgan fingerprint density at radius 2 is 1.22 bits per heavy atom. The fourth-order valence-electron chi connectivity index (χ4n) is 4.76. The minimum atomic E-state index is -0.975. The van der Waals surface area contributed by atoms with Gasteiger partial charge in [0, 0.05) is 13.1 Å². The molecule has 0 saturated heterocycles. The van der Waals surface area contributed by atoms with Crippen molar-refractivity contribution in [3.63, 3.8) is 0 Å². The molecule has 2 saturated carbocycles. The first-order valence-corrected chi connectivity index (χ1v) is 11.1. The third-order valence-electron chi connectivity index (χ3n) is 7.03. The van der Waals surface area contributed by atoms with Crippen molar-refractivity contribution in [2.75, 3.05) is 13.1 Å². The number of aliphatic hydroxyl groups is 1. The molecule has 0 unspecified atom stereocenters. The highest BCUT2D eigenvalue weighted by Gasteiger charge is 2.47. The number of amides is 2. The van der Waals surface area contributed by atoms with Crippen molar-refractivity contribution < 1.29 is 23.5 Å². The van der Waals surface area contributed by atoms with E-state index in [1.54, 1.807) is 24.3 Å². The summed E-state index contributed by atoms with van der Waals surface area (Å²) in [4.78, 5) is 25.7. The average molecular weight is 443 g/mol. The quantitative estimate of drug-likeness (QED) is 0.588. The van der Waals surface area contributed by atoms with Gasteiger partial charge in [-0.25, -0.2) is 8.78 Å². The second-order valence-electron chi connectivity index (χ2n) is 8.97. The predicted molar refractivity (Wildman–Crippen MR) is 116 cm³/mol. The first kappa shape index (κ1) is 22.4. The number of rotatable bonds is 8. The van der Waals surface area contributed by atoms with Crippen LogP contribution in [0.1, 0.15) is 49.7 Å². The summed E-state index contributed by atoms with van der Waals surface area (Å²) in [6.45, 7) is -0.0493. The number of carbonyl (C=O) groups excluding carboxylic acids is 2. The molecule has 2 aromatic rings. The van der Waals surface area contributed by atoms with Crippen LogP contribution in [0.15, 0.2) is 48.5 Å². The molecule has 2 aliphatic rings. The summed E-state index contributed by atoms with van der Waals surface area (Å²) < 4.78 is 27.3. The molecular weight excluding hydrogens is 414 g/mol. The van der Waals surface area contributed by atoms with Crippen molar-refractivity contribution >= 4 is 11.8 Å². The Bertz CT molecular complexity index is 923. The fourth-order valence-corrected chi connectivity index (χ4v) is 4.76. The largest absolute Gasteiger partial charge is 0.389 e. The zero-order chi connectivity index (χ0) is 22.8. The molecule has 0 aliphatic heterocycles. The second kappa shape index (κ2) is 8.98. The Labute approximate surface area is 186 Å². The van der Waals surface area contributed by atoms with Crippen LogP contribution in [-0.4, -0.2) is 36.1 Å². The van der Waals surface area contributed by atoms with E-state index in [1.165, 1.54) is 24.3 Å². The molecule has 3 N–H and O–H groups in total. The number of benzene rings is 2.